The van der Waals surface area contributed by atoms with Gasteiger partial charge in [-0.2, -0.15) is 0 Å². The molecule has 0 saturated carbocycles. The van der Waals surface area contributed by atoms with Crippen LogP contribution < -0.4 is 26.2 Å². The molecule has 526 valence electrons. The summed E-state index contributed by atoms with van der Waals surface area (Å²) in [4.78, 5) is 4.64. The summed E-state index contributed by atoms with van der Waals surface area (Å²) < 4.78 is 163. The van der Waals surface area contributed by atoms with E-state index in [-0.39, 0.29) is 55.0 Å². The summed E-state index contributed by atoms with van der Waals surface area (Å²) in [5.41, 5.74) is 20.5. The maximum atomic E-state index is 10.0. The van der Waals surface area contributed by atoms with E-state index in [4.69, 9.17) is 7.16 Å². The standard InChI is InChI=1S/C106H73BN4O/c1-106(2,3)78-64-88(74-51-47-70(48-52-74)68-27-8-4-9-28-68)105(89(65-78)75-53-49-71(50-54-75)69-29-10-5-11-30-69)111-98-67-80(109-95-44-23-18-37-85(95)86-38-19-24-45-96(86)109)57-59-92(98)107-91-58-56-79(108-93-42-21-16-35-83(93)84-36-17-22-43-94(84)108)66-97(91)110(104-81(72-31-12-6-13-32-72)40-26-41-82(104)73-33-14-7-15-34-73)99-62-77(63-100(111)103(99)107)76-55-60-102-90(61-76)87-39-20-25-46-101(87)112-102/h4-67H,1-3H3/i16D,17D,18D,19D,21D,22D,23D,24D,35D,36D,37D,38D,42D,43D,44D,45D. The molecule has 2 aliphatic rings. The van der Waals surface area contributed by atoms with Gasteiger partial charge < -0.3 is 23.4 Å². The first-order valence-corrected chi connectivity index (χ1v) is 37.6. The van der Waals surface area contributed by atoms with Crippen molar-refractivity contribution >= 4 is 123 Å². The van der Waals surface area contributed by atoms with Gasteiger partial charge in [-0.25, -0.2) is 0 Å². The van der Waals surface area contributed by atoms with Crippen LogP contribution in [0.3, 0.4) is 0 Å². The molecule has 22 rings (SSSR count). The summed E-state index contributed by atoms with van der Waals surface area (Å²) in [5, 5.41) is 1.39. The highest BCUT2D eigenvalue weighted by atomic mass is 16.3. The number of aromatic nitrogens is 2. The average molecular weight is 1450 g/mol. The van der Waals surface area contributed by atoms with Crippen molar-refractivity contribution in [2.45, 2.75) is 26.2 Å². The van der Waals surface area contributed by atoms with E-state index in [2.05, 4.69) is 188 Å². The van der Waals surface area contributed by atoms with Gasteiger partial charge in [-0.1, -0.05) is 318 Å². The normalized spacial score (nSPS) is 14.5. The smallest absolute Gasteiger partial charge is 0.252 e. The fraction of sp³-hybridized carbons (Fsp3) is 0.0377. The van der Waals surface area contributed by atoms with E-state index in [9.17, 15) is 19.2 Å². The number of hydrogen-bond acceptors (Lipinski definition) is 3. The minimum absolute atomic E-state index is 0.0680. The van der Waals surface area contributed by atoms with Gasteiger partial charge in [0.1, 0.15) is 11.2 Å². The Morgan fingerprint density at radius 1 is 0.277 bits per heavy atom. The maximum Gasteiger partial charge on any atom is 0.252 e. The highest BCUT2D eigenvalue weighted by molar-refractivity contribution is 7.00. The van der Waals surface area contributed by atoms with Crippen molar-refractivity contribution in [2.75, 3.05) is 9.80 Å². The molecule has 0 spiro atoms. The SMILES string of the molecule is [2H]c1c([2H])c([2H])c2c(c1[2H])c1c([2H])c([2H])c([2H])c([2H])c1n2-c1ccc2c(c1)N(c1c(-c3ccccc3)cccc1-c1ccccc1)c1cc(-c3ccc4oc5ccccc5c4c3)cc3c1B2c1ccc(-n2c4c([2H])c([2H])c([2H])c([2H])c4c4c([2H])c([2H])c([2H])c([2H])c42)cc1N3c1c(-c2ccc(-c3ccccc3)cc2)cc(C(C)(C)C)cc1-c1ccc(-c2ccccc2)cc1. The number of para-hydroxylation sites is 6. The van der Waals surface area contributed by atoms with Crippen LogP contribution in [0, 0.1) is 0 Å². The second-order valence-electron chi connectivity index (χ2n) is 29.9. The fourth-order valence-electron chi connectivity index (χ4n) is 17.3. The number of hydrogen-bond donors (Lipinski definition) is 0. The third kappa shape index (κ3) is 10.4. The second-order valence-corrected chi connectivity index (χ2v) is 29.9. The lowest BCUT2D eigenvalue weighted by Gasteiger charge is -2.46. The molecule has 6 heteroatoms. The fourth-order valence-corrected chi connectivity index (χ4v) is 17.3. The van der Waals surface area contributed by atoms with E-state index in [1.54, 1.807) is 9.13 Å². The number of furan rings is 1. The quantitative estimate of drug-likeness (QED) is 0.121. The predicted molar refractivity (Wildman–Crippen MR) is 473 cm³/mol. The van der Waals surface area contributed by atoms with Gasteiger partial charge in [0.05, 0.1) is 55.4 Å². The Morgan fingerprint density at radius 3 is 1.09 bits per heavy atom. The average Bonchev–Trinajstić information content (AvgIpc) is 1.00. The lowest BCUT2D eigenvalue weighted by atomic mass is 9.33. The van der Waals surface area contributed by atoms with E-state index in [1.165, 1.54) is 0 Å². The van der Waals surface area contributed by atoms with Crippen LogP contribution in [0.15, 0.2) is 392 Å². The Labute approximate surface area is 673 Å². The molecule has 0 amide bonds. The van der Waals surface area contributed by atoms with E-state index >= 15 is 0 Å². The maximum absolute atomic E-state index is 10.0. The molecule has 0 saturated heterocycles. The van der Waals surface area contributed by atoms with Crippen LogP contribution in [0.2, 0.25) is 0 Å². The van der Waals surface area contributed by atoms with Crippen molar-refractivity contribution in [1.29, 1.82) is 0 Å². The summed E-state index contributed by atoms with van der Waals surface area (Å²) in [5.74, 6) is 0. The van der Waals surface area contributed by atoms with Crippen molar-refractivity contribution in [3.8, 4) is 89.3 Å². The zero-order valence-corrected chi connectivity index (χ0v) is 61.0. The largest absolute Gasteiger partial charge is 0.456 e. The predicted octanol–water partition coefficient (Wildman–Crippen LogP) is 26.8. The molecule has 5 nitrogen and oxygen atoms in total. The third-order valence-corrected chi connectivity index (χ3v) is 22.6. The number of rotatable bonds is 11. The molecular weight excluding hydrogens is 1360 g/mol. The Hall–Kier alpha value is -14.2. The van der Waals surface area contributed by atoms with Crippen LogP contribution in [0.4, 0.5) is 34.1 Å². The van der Waals surface area contributed by atoms with Crippen molar-refractivity contribution in [2.24, 2.45) is 0 Å². The molecule has 0 unspecified atom stereocenters. The molecule has 17 aromatic carbocycles. The van der Waals surface area contributed by atoms with Gasteiger partial charge in [0.15, 0.2) is 0 Å². The van der Waals surface area contributed by atoms with E-state index in [1.807, 2.05) is 133 Å². The lowest BCUT2D eigenvalue weighted by Crippen LogP contribution is -2.61. The highest BCUT2D eigenvalue weighted by Gasteiger charge is 2.46. The van der Waals surface area contributed by atoms with Crippen LogP contribution in [-0.4, -0.2) is 15.8 Å². The monoisotopic (exact) mass is 1440 g/mol. The molecule has 0 N–H and O–H groups in total. The van der Waals surface area contributed by atoms with Gasteiger partial charge >= 0.3 is 0 Å². The molecule has 2 aliphatic heterocycles. The molecule has 0 aliphatic carbocycles. The molecule has 0 atom stereocenters. The lowest BCUT2D eigenvalue weighted by molar-refractivity contribution is 0.591. The first-order chi connectivity index (χ1) is 61.8. The van der Waals surface area contributed by atoms with Crippen molar-refractivity contribution < 1.29 is 26.3 Å². The van der Waals surface area contributed by atoms with Gasteiger partial charge in [0.2, 0.25) is 0 Å². The summed E-state index contributed by atoms with van der Waals surface area (Å²) >= 11 is 0. The zero-order chi connectivity index (χ0) is 88.2. The molecule has 3 aromatic heterocycles. The molecule has 0 fully saturated rings. The van der Waals surface area contributed by atoms with Crippen LogP contribution in [0.5, 0.6) is 0 Å². The van der Waals surface area contributed by atoms with Gasteiger partial charge in [-0.05, 0) is 174 Å². The van der Waals surface area contributed by atoms with Crippen LogP contribution in [-0.2, 0) is 5.41 Å². The molecule has 20 aromatic rings. The van der Waals surface area contributed by atoms with Crippen molar-refractivity contribution in [3.05, 3.63) is 393 Å². The van der Waals surface area contributed by atoms with Gasteiger partial charge in [0, 0.05) is 88.7 Å². The third-order valence-electron chi connectivity index (χ3n) is 22.6. The van der Waals surface area contributed by atoms with Crippen LogP contribution in [0.25, 0.3) is 155 Å². The second kappa shape index (κ2) is 25.7. The number of fused-ring (bicyclic) bond motifs is 13. The first kappa shape index (κ1) is 50.4. The van der Waals surface area contributed by atoms with Crippen LogP contribution >= 0.6 is 0 Å². The summed E-state index contributed by atoms with van der Waals surface area (Å²) in [6, 6.07) is 90.9. The summed E-state index contributed by atoms with van der Waals surface area (Å²) in [7, 11) is 0. The van der Waals surface area contributed by atoms with E-state index in [0.29, 0.717) is 44.8 Å². The molecular formula is C106H73BN4O. The molecule has 0 bridgehead atoms. The van der Waals surface area contributed by atoms with Crippen molar-refractivity contribution in [1.82, 2.24) is 9.13 Å². The highest BCUT2D eigenvalue weighted by Crippen LogP contribution is 2.56. The van der Waals surface area contributed by atoms with Crippen LogP contribution in [0.1, 0.15) is 48.3 Å². The first-order valence-electron chi connectivity index (χ1n) is 45.6. The summed E-state index contributed by atoms with van der Waals surface area (Å²) in [6.07, 6.45) is 0. The minimum Gasteiger partial charge on any atom is -0.456 e. The summed E-state index contributed by atoms with van der Waals surface area (Å²) in [6.45, 7) is 5.79. The van der Waals surface area contributed by atoms with Gasteiger partial charge in [-0.3, -0.25) is 0 Å². The number of benzene rings is 17. The zero-order valence-electron chi connectivity index (χ0n) is 77.0. The van der Waals surface area contributed by atoms with E-state index in [0.717, 1.165) is 111 Å². The topological polar surface area (TPSA) is 29.5 Å². The van der Waals surface area contributed by atoms with Gasteiger partial charge in [-0.15, -0.1) is 0 Å². The Bertz CT molecular complexity index is 7860. The number of nitrogens with zero attached hydrogens (tertiary/aromatic N) is 4. The minimum atomic E-state index is -0.837. The van der Waals surface area contributed by atoms with Crippen molar-refractivity contribution in [3.63, 3.8) is 0 Å². The Kier molecular flexibility index (Phi) is 11.6. The molecule has 0 radical (unpaired) electrons. The Morgan fingerprint density at radius 2 is 0.643 bits per heavy atom. The Balaban J connectivity index is 0.956. The molecule has 5 heterocycles. The number of anilines is 6. The molecule has 112 heavy (non-hydrogen) atoms. The van der Waals surface area contributed by atoms with E-state index < -0.39 is 109 Å². The van der Waals surface area contributed by atoms with Gasteiger partial charge in [0.25, 0.3) is 6.71 Å².